The highest BCUT2D eigenvalue weighted by Crippen LogP contribution is 2.50. The minimum Gasteiger partial charge on any atom is -0.406 e. The van der Waals surface area contributed by atoms with Gasteiger partial charge in [-0.2, -0.15) is 4.99 Å². The minimum atomic E-state index is -4.77. The lowest BCUT2D eigenvalue weighted by Crippen LogP contribution is -2.64. The van der Waals surface area contributed by atoms with Crippen LogP contribution < -0.4 is 10.5 Å². The quantitative estimate of drug-likeness (QED) is 0.759. The molecule has 3 aliphatic rings. The van der Waals surface area contributed by atoms with Gasteiger partial charge in [0, 0.05) is 31.6 Å². The van der Waals surface area contributed by atoms with E-state index in [-0.39, 0.29) is 10.3 Å². The topological polar surface area (TPSA) is 69.2 Å². The van der Waals surface area contributed by atoms with Crippen LogP contribution in [0.15, 0.2) is 52.7 Å². The number of halogens is 3. The van der Waals surface area contributed by atoms with Gasteiger partial charge in [-0.25, -0.2) is 0 Å². The fourth-order valence-electron chi connectivity index (χ4n) is 4.44. The maximum Gasteiger partial charge on any atom is 0.573 e. The Morgan fingerprint density at radius 2 is 1.90 bits per heavy atom. The average Bonchev–Trinajstić information content (AvgIpc) is 3.07. The fourth-order valence-corrected chi connectivity index (χ4v) is 4.44. The summed E-state index contributed by atoms with van der Waals surface area (Å²) in [5, 5.41) is 4.76. The third-order valence-electron chi connectivity index (χ3n) is 5.64. The van der Waals surface area contributed by atoms with Crippen LogP contribution in [0.1, 0.15) is 37.7 Å². The lowest BCUT2D eigenvalue weighted by atomic mass is 9.87. The van der Waals surface area contributed by atoms with E-state index in [0.29, 0.717) is 22.9 Å². The molecule has 0 spiro atoms. The van der Waals surface area contributed by atoms with E-state index >= 15 is 0 Å². The Morgan fingerprint density at radius 3 is 2.59 bits per heavy atom. The molecule has 29 heavy (non-hydrogen) atoms. The van der Waals surface area contributed by atoms with Crippen molar-refractivity contribution in [2.75, 3.05) is 7.11 Å². The number of quaternary nitrogens is 1. The van der Waals surface area contributed by atoms with E-state index in [0.717, 1.165) is 32.1 Å². The summed E-state index contributed by atoms with van der Waals surface area (Å²) < 4.78 is 48.2. The molecule has 2 N–H and O–H groups in total. The van der Waals surface area contributed by atoms with Gasteiger partial charge in [-0.1, -0.05) is 17.1 Å². The van der Waals surface area contributed by atoms with Crippen LogP contribution in [0.3, 0.4) is 0 Å². The Hall–Kier alpha value is -2.65. The van der Waals surface area contributed by atoms with Gasteiger partial charge in [-0.05, 0) is 42.2 Å². The van der Waals surface area contributed by atoms with Gasteiger partial charge in [-0.3, -0.25) is 0 Å². The number of methoxy groups -OCH3 is 1. The van der Waals surface area contributed by atoms with Crippen molar-refractivity contribution in [3.63, 3.8) is 0 Å². The summed E-state index contributed by atoms with van der Waals surface area (Å²) in [6.45, 7) is 0. The summed E-state index contributed by atoms with van der Waals surface area (Å²) in [4.78, 5) is 4.53. The molecule has 1 aliphatic carbocycles. The van der Waals surface area contributed by atoms with E-state index < -0.39 is 12.1 Å². The van der Waals surface area contributed by atoms with Crippen LogP contribution in [-0.2, 0) is 4.74 Å². The Kier molecular flexibility index (Phi) is 4.74. The van der Waals surface area contributed by atoms with Gasteiger partial charge in [0.25, 0.3) is 5.84 Å². The van der Waals surface area contributed by atoms with Crippen molar-refractivity contribution in [1.82, 2.24) is 0 Å². The van der Waals surface area contributed by atoms with Crippen molar-refractivity contribution < 1.29 is 27.2 Å². The van der Waals surface area contributed by atoms with Gasteiger partial charge in [-0.15, -0.1) is 13.2 Å². The number of fused-ring (bicyclic) bond motifs is 1. The summed E-state index contributed by atoms with van der Waals surface area (Å²) in [5.74, 6) is 0.628. The molecular weight excluding hydrogens is 385 g/mol. The van der Waals surface area contributed by atoms with Crippen LogP contribution in [0, 0.1) is 0 Å². The molecule has 1 saturated carbocycles. The van der Waals surface area contributed by atoms with Crippen LogP contribution in [0.2, 0.25) is 0 Å². The molecule has 9 heteroatoms. The number of ether oxygens (including phenoxy) is 2. The standard InChI is InChI=1S/C20H22F3N4O2/c1-28-19(10-3-2-4-11-19)27-16(13-25-18(27)9-8-17(24)26-27)14-6-5-7-15(12-14)29-20(21,22)23/h5-9,12-13H,2-4,10-11H2,1H3,(H2,24,26)/q+1. The molecule has 0 amide bonds. The highest BCUT2D eigenvalue weighted by Gasteiger charge is 2.62. The molecule has 6 nitrogen and oxygen atoms in total. The van der Waals surface area contributed by atoms with Crippen LogP contribution >= 0.6 is 0 Å². The van der Waals surface area contributed by atoms with Crippen molar-refractivity contribution in [3.8, 4) is 5.75 Å². The first-order valence-electron chi connectivity index (χ1n) is 9.43. The van der Waals surface area contributed by atoms with Crippen LogP contribution in [-0.4, -0.2) is 35.5 Å². The summed E-state index contributed by atoms with van der Waals surface area (Å²) >= 11 is 0. The first kappa shape index (κ1) is 19.7. The van der Waals surface area contributed by atoms with E-state index in [1.807, 2.05) is 0 Å². The molecule has 1 fully saturated rings. The molecule has 1 aromatic carbocycles. The molecule has 1 atom stereocenters. The Balaban J connectivity index is 1.84. The van der Waals surface area contributed by atoms with Crippen molar-refractivity contribution in [2.45, 2.75) is 44.2 Å². The Labute approximate surface area is 166 Å². The number of aliphatic imine (C=N–C) groups is 1. The highest BCUT2D eigenvalue weighted by atomic mass is 19.4. The first-order chi connectivity index (χ1) is 13.8. The van der Waals surface area contributed by atoms with Crippen LogP contribution in [0.25, 0.3) is 5.70 Å². The lowest BCUT2D eigenvalue weighted by Gasteiger charge is -2.47. The van der Waals surface area contributed by atoms with E-state index in [1.165, 1.54) is 18.2 Å². The van der Waals surface area contributed by atoms with Crippen molar-refractivity contribution >= 4 is 17.4 Å². The Bertz CT molecular complexity index is 930. The molecular formula is C20H22F3N4O2+. The molecule has 0 bridgehead atoms. The van der Waals surface area contributed by atoms with Crippen molar-refractivity contribution in [1.29, 1.82) is 0 Å². The highest BCUT2D eigenvalue weighted by molar-refractivity contribution is 6.04. The van der Waals surface area contributed by atoms with Gasteiger partial charge in [0.05, 0.1) is 6.20 Å². The molecule has 0 saturated heterocycles. The zero-order valence-corrected chi connectivity index (χ0v) is 15.9. The van der Waals surface area contributed by atoms with E-state index in [2.05, 4.69) is 9.73 Å². The number of alkyl halides is 3. The molecule has 0 radical (unpaired) electrons. The van der Waals surface area contributed by atoms with Crippen LogP contribution in [0.4, 0.5) is 13.2 Å². The van der Waals surface area contributed by atoms with Crippen molar-refractivity contribution in [3.05, 3.63) is 48.2 Å². The number of rotatable bonds is 4. The second kappa shape index (κ2) is 7.00. The number of amidine groups is 2. The van der Waals surface area contributed by atoms with E-state index in [4.69, 9.17) is 15.6 Å². The SMILES string of the molecule is COC1([N+]23N=C(N)C=CC2=NC=C3c2cccc(OC(F)(F)F)c2)CCCCC1. The monoisotopic (exact) mass is 407 g/mol. The largest absolute Gasteiger partial charge is 0.573 e. The van der Waals surface area contributed by atoms with Gasteiger partial charge >= 0.3 is 6.36 Å². The second-order valence-corrected chi connectivity index (χ2v) is 7.28. The molecule has 2 heterocycles. The van der Waals surface area contributed by atoms with E-state index in [9.17, 15) is 13.2 Å². The van der Waals surface area contributed by atoms with Gasteiger partial charge < -0.3 is 15.2 Å². The second-order valence-electron chi connectivity index (χ2n) is 7.28. The Morgan fingerprint density at radius 1 is 1.14 bits per heavy atom. The zero-order valence-electron chi connectivity index (χ0n) is 15.9. The first-order valence-corrected chi connectivity index (χ1v) is 9.43. The van der Waals surface area contributed by atoms with E-state index in [1.54, 1.807) is 31.5 Å². The predicted octanol–water partition coefficient (Wildman–Crippen LogP) is 4.26. The number of nitrogens with two attached hydrogens (primary N) is 1. The number of nitrogens with zero attached hydrogens (tertiary/aromatic N) is 3. The van der Waals surface area contributed by atoms with Gasteiger partial charge in [0.2, 0.25) is 5.72 Å². The number of hydrogen-bond donors (Lipinski definition) is 1. The summed E-state index contributed by atoms with van der Waals surface area (Å²) in [5.41, 5.74) is 6.46. The third-order valence-corrected chi connectivity index (χ3v) is 5.64. The summed E-state index contributed by atoms with van der Waals surface area (Å²) in [6, 6.07) is 5.83. The van der Waals surface area contributed by atoms with Crippen molar-refractivity contribution in [2.24, 2.45) is 15.8 Å². The van der Waals surface area contributed by atoms with Gasteiger partial charge in [0.1, 0.15) is 5.75 Å². The third kappa shape index (κ3) is 3.24. The maximum absolute atomic E-state index is 12.7. The normalized spacial score (nSPS) is 25.7. The fraction of sp³-hybridized carbons (Fsp3) is 0.400. The number of hydrogen-bond acceptors (Lipinski definition) is 5. The smallest absolute Gasteiger partial charge is 0.406 e. The summed E-state index contributed by atoms with van der Waals surface area (Å²) in [6.07, 6.45) is 4.75. The number of benzene rings is 1. The predicted molar refractivity (Wildman–Crippen MR) is 102 cm³/mol. The average molecular weight is 407 g/mol. The minimum absolute atomic E-state index is 0.110. The molecule has 1 aromatic rings. The molecule has 1 unspecified atom stereocenters. The lowest BCUT2D eigenvalue weighted by molar-refractivity contribution is -0.867. The molecule has 2 aliphatic heterocycles. The zero-order chi connectivity index (χ0) is 20.7. The molecule has 4 rings (SSSR count). The van der Waals surface area contributed by atoms with Gasteiger partial charge in [0.15, 0.2) is 11.5 Å². The van der Waals surface area contributed by atoms with Crippen LogP contribution in [0.5, 0.6) is 5.75 Å². The maximum atomic E-state index is 12.7. The summed E-state index contributed by atoms with van der Waals surface area (Å²) in [7, 11) is 1.64. The molecule has 154 valence electrons. The molecule has 0 aromatic heterocycles.